The predicted molar refractivity (Wildman–Crippen MR) is 69.9 cm³/mol. The molecule has 2 rings (SSSR count). The molecule has 0 saturated carbocycles. The third-order valence-electron chi connectivity index (χ3n) is 3.30. The van der Waals surface area contributed by atoms with Crippen molar-refractivity contribution in [3.63, 3.8) is 0 Å². The highest BCUT2D eigenvalue weighted by Crippen LogP contribution is 2.18. The van der Waals surface area contributed by atoms with Crippen molar-refractivity contribution in [2.45, 2.75) is 38.2 Å². The molecule has 3 heteroatoms. The number of ketones is 1. The lowest BCUT2D eigenvalue weighted by Crippen LogP contribution is -2.10. The molecule has 0 N–H and O–H groups in total. The summed E-state index contributed by atoms with van der Waals surface area (Å²) < 4.78 is 10.7. The maximum atomic E-state index is 11.9. The lowest BCUT2D eigenvalue weighted by molar-refractivity contribution is -0.119. The molecule has 98 valence electrons. The second kappa shape index (κ2) is 6.55. The number of carbonyl (C=O) groups is 1. The van der Waals surface area contributed by atoms with Crippen molar-refractivity contribution >= 4 is 5.78 Å². The highest BCUT2D eigenvalue weighted by atomic mass is 16.5. The van der Waals surface area contributed by atoms with Crippen molar-refractivity contribution in [1.29, 1.82) is 0 Å². The van der Waals surface area contributed by atoms with Crippen LogP contribution in [0.15, 0.2) is 24.3 Å². The van der Waals surface area contributed by atoms with E-state index in [1.54, 1.807) is 7.11 Å². The molecule has 1 fully saturated rings. The fourth-order valence-corrected chi connectivity index (χ4v) is 2.29. The molecule has 1 aromatic rings. The molecule has 1 unspecified atom stereocenters. The smallest absolute Gasteiger partial charge is 0.137 e. The quantitative estimate of drug-likeness (QED) is 0.776. The van der Waals surface area contributed by atoms with Gasteiger partial charge in [0.1, 0.15) is 11.5 Å². The van der Waals surface area contributed by atoms with Crippen LogP contribution in [0.5, 0.6) is 5.75 Å². The van der Waals surface area contributed by atoms with Gasteiger partial charge < -0.3 is 9.47 Å². The van der Waals surface area contributed by atoms with Crippen LogP contribution < -0.4 is 4.74 Å². The van der Waals surface area contributed by atoms with E-state index in [-0.39, 0.29) is 5.78 Å². The van der Waals surface area contributed by atoms with Crippen LogP contribution >= 0.6 is 0 Å². The molecule has 0 aromatic heterocycles. The third kappa shape index (κ3) is 3.84. The highest BCUT2D eigenvalue weighted by molar-refractivity contribution is 5.80. The zero-order valence-electron chi connectivity index (χ0n) is 10.9. The van der Waals surface area contributed by atoms with Gasteiger partial charge in [-0.15, -0.1) is 0 Å². The minimum Gasteiger partial charge on any atom is -0.497 e. The van der Waals surface area contributed by atoms with Gasteiger partial charge in [0.2, 0.25) is 0 Å². The van der Waals surface area contributed by atoms with E-state index in [0.717, 1.165) is 37.2 Å². The lowest BCUT2D eigenvalue weighted by Gasteiger charge is -2.08. The van der Waals surface area contributed by atoms with Crippen LogP contribution in [0.1, 0.15) is 31.2 Å². The highest BCUT2D eigenvalue weighted by Gasteiger charge is 2.16. The molecule has 1 aromatic carbocycles. The van der Waals surface area contributed by atoms with Crippen LogP contribution in [-0.4, -0.2) is 25.6 Å². The van der Waals surface area contributed by atoms with Crippen molar-refractivity contribution in [1.82, 2.24) is 0 Å². The SMILES string of the molecule is COc1cccc(CC(=O)CCC2CCCO2)c1. The van der Waals surface area contributed by atoms with Crippen LogP contribution in [0.2, 0.25) is 0 Å². The van der Waals surface area contributed by atoms with Gasteiger partial charge in [-0.1, -0.05) is 12.1 Å². The standard InChI is InChI=1S/C15H20O3/c1-17-15-5-2-4-12(11-15)10-13(16)7-8-14-6-3-9-18-14/h2,4-5,11,14H,3,6-10H2,1H3. The summed E-state index contributed by atoms with van der Waals surface area (Å²) in [6.07, 6.45) is 4.51. The van der Waals surface area contributed by atoms with E-state index in [1.165, 1.54) is 0 Å². The van der Waals surface area contributed by atoms with Crippen molar-refractivity contribution in [3.05, 3.63) is 29.8 Å². The summed E-state index contributed by atoms with van der Waals surface area (Å²) in [6.45, 7) is 0.856. The van der Waals surface area contributed by atoms with Crippen molar-refractivity contribution in [2.75, 3.05) is 13.7 Å². The predicted octanol–water partition coefficient (Wildman–Crippen LogP) is 2.77. The van der Waals surface area contributed by atoms with Crippen molar-refractivity contribution in [3.8, 4) is 5.75 Å². The number of rotatable bonds is 6. The molecule has 1 aliphatic heterocycles. The number of carbonyl (C=O) groups excluding carboxylic acids is 1. The second-order valence-electron chi connectivity index (χ2n) is 4.74. The third-order valence-corrected chi connectivity index (χ3v) is 3.30. The van der Waals surface area contributed by atoms with Gasteiger partial charge in [0.25, 0.3) is 0 Å². The molecule has 0 bridgehead atoms. The van der Waals surface area contributed by atoms with Gasteiger partial charge in [-0.2, -0.15) is 0 Å². The average molecular weight is 248 g/mol. The normalized spacial score (nSPS) is 18.8. The molecule has 0 spiro atoms. The summed E-state index contributed by atoms with van der Waals surface area (Å²) in [5, 5.41) is 0. The minimum absolute atomic E-state index is 0.277. The zero-order valence-corrected chi connectivity index (χ0v) is 10.9. The molecule has 0 aliphatic carbocycles. The maximum Gasteiger partial charge on any atom is 0.137 e. The molecule has 1 atom stereocenters. The lowest BCUT2D eigenvalue weighted by atomic mass is 10.0. The molecular weight excluding hydrogens is 228 g/mol. The number of methoxy groups -OCH3 is 1. The Morgan fingerprint density at radius 3 is 3.11 bits per heavy atom. The first-order valence-corrected chi connectivity index (χ1v) is 6.54. The first-order valence-electron chi connectivity index (χ1n) is 6.54. The molecular formula is C15H20O3. The number of benzene rings is 1. The van der Waals surface area contributed by atoms with E-state index < -0.39 is 0 Å². The average Bonchev–Trinajstić information content (AvgIpc) is 2.90. The van der Waals surface area contributed by atoms with Crippen LogP contribution in [0.25, 0.3) is 0 Å². The number of hydrogen-bond donors (Lipinski definition) is 0. The fraction of sp³-hybridized carbons (Fsp3) is 0.533. The van der Waals surface area contributed by atoms with Gasteiger partial charge in [-0.25, -0.2) is 0 Å². The van der Waals surface area contributed by atoms with Gasteiger partial charge in [0.15, 0.2) is 0 Å². The van der Waals surface area contributed by atoms with Gasteiger partial charge in [-0.3, -0.25) is 4.79 Å². The van der Waals surface area contributed by atoms with E-state index >= 15 is 0 Å². The Balaban J connectivity index is 1.78. The van der Waals surface area contributed by atoms with Crippen LogP contribution in [-0.2, 0) is 16.0 Å². The molecule has 1 aliphatic rings. The Labute approximate surface area is 108 Å². The molecule has 1 heterocycles. The maximum absolute atomic E-state index is 11.9. The molecule has 1 saturated heterocycles. The number of hydrogen-bond acceptors (Lipinski definition) is 3. The molecule has 3 nitrogen and oxygen atoms in total. The van der Waals surface area contributed by atoms with E-state index in [0.29, 0.717) is 18.9 Å². The Morgan fingerprint density at radius 2 is 2.39 bits per heavy atom. The Bertz CT molecular complexity index is 394. The minimum atomic E-state index is 0.277. The van der Waals surface area contributed by atoms with E-state index in [9.17, 15) is 4.79 Å². The van der Waals surface area contributed by atoms with Gasteiger partial charge in [0.05, 0.1) is 13.2 Å². The summed E-state index contributed by atoms with van der Waals surface area (Å²) in [7, 11) is 1.64. The van der Waals surface area contributed by atoms with Gasteiger partial charge in [0, 0.05) is 19.4 Å². The summed E-state index contributed by atoms with van der Waals surface area (Å²) in [5.41, 5.74) is 1.02. The van der Waals surface area contributed by atoms with E-state index in [1.807, 2.05) is 24.3 Å². The Kier molecular flexibility index (Phi) is 4.76. The van der Waals surface area contributed by atoms with E-state index in [2.05, 4.69) is 0 Å². The van der Waals surface area contributed by atoms with Crippen LogP contribution in [0, 0.1) is 0 Å². The Morgan fingerprint density at radius 1 is 1.50 bits per heavy atom. The Hall–Kier alpha value is -1.35. The first kappa shape index (κ1) is 13.1. The monoisotopic (exact) mass is 248 g/mol. The fourth-order valence-electron chi connectivity index (χ4n) is 2.29. The number of ether oxygens (including phenoxy) is 2. The summed E-state index contributed by atoms with van der Waals surface area (Å²) in [5.74, 6) is 1.08. The summed E-state index contributed by atoms with van der Waals surface area (Å²) in [6, 6.07) is 7.69. The summed E-state index contributed by atoms with van der Waals surface area (Å²) in [4.78, 5) is 11.9. The molecule has 0 radical (unpaired) electrons. The van der Waals surface area contributed by atoms with E-state index in [4.69, 9.17) is 9.47 Å². The van der Waals surface area contributed by atoms with Crippen molar-refractivity contribution < 1.29 is 14.3 Å². The zero-order chi connectivity index (χ0) is 12.8. The van der Waals surface area contributed by atoms with Crippen LogP contribution in [0.4, 0.5) is 0 Å². The van der Waals surface area contributed by atoms with Crippen molar-refractivity contribution in [2.24, 2.45) is 0 Å². The molecule has 0 amide bonds. The molecule has 18 heavy (non-hydrogen) atoms. The largest absolute Gasteiger partial charge is 0.497 e. The van der Waals surface area contributed by atoms with Gasteiger partial charge >= 0.3 is 0 Å². The van der Waals surface area contributed by atoms with Crippen LogP contribution in [0.3, 0.4) is 0 Å². The first-order chi connectivity index (χ1) is 8.78. The number of Topliss-reactive ketones (excluding diaryl/α,β-unsaturated/α-hetero) is 1. The summed E-state index contributed by atoms with van der Waals surface area (Å²) >= 11 is 0. The van der Waals surface area contributed by atoms with Gasteiger partial charge in [-0.05, 0) is 37.0 Å². The topological polar surface area (TPSA) is 35.5 Å². The second-order valence-corrected chi connectivity index (χ2v) is 4.74.